The second kappa shape index (κ2) is 9.61. The quantitative estimate of drug-likeness (QED) is 0.607. The Morgan fingerprint density at radius 2 is 1.84 bits per heavy atom. The zero-order chi connectivity index (χ0) is 22.7. The number of thioether (sulfide) groups is 1. The molecule has 0 unspecified atom stereocenters. The number of nitrogens with zero attached hydrogens (tertiary/aromatic N) is 2. The molecule has 4 rings (SSSR count). The summed E-state index contributed by atoms with van der Waals surface area (Å²) in [5.74, 6) is 0.124. The van der Waals surface area contributed by atoms with Crippen LogP contribution in [0.25, 0.3) is 6.08 Å². The molecule has 0 spiro atoms. The third-order valence-electron chi connectivity index (χ3n) is 5.74. The maximum absolute atomic E-state index is 12.8. The first-order valence-electron chi connectivity index (χ1n) is 10.8. The van der Waals surface area contributed by atoms with E-state index in [4.69, 9.17) is 4.74 Å². The molecule has 7 heteroatoms. The summed E-state index contributed by atoms with van der Waals surface area (Å²) >= 11 is 0.869. The lowest BCUT2D eigenvalue weighted by Gasteiger charge is -2.29. The van der Waals surface area contributed by atoms with Crippen LogP contribution in [0, 0.1) is 0 Å². The summed E-state index contributed by atoms with van der Waals surface area (Å²) in [7, 11) is 0. The monoisotopic (exact) mass is 450 g/mol. The molecule has 2 heterocycles. The number of rotatable bonds is 6. The molecule has 2 aromatic rings. The van der Waals surface area contributed by atoms with Crippen LogP contribution in [0.1, 0.15) is 37.0 Å². The number of hydrogen-bond donors (Lipinski definition) is 0. The Morgan fingerprint density at radius 3 is 2.56 bits per heavy atom. The zero-order valence-corrected chi connectivity index (χ0v) is 19.1. The van der Waals surface area contributed by atoms with Crippen LogP contribution >= 0.6 is 11.8 Å². The predicted octanol–water partition coefficient (Wildman–Crippen LogP) is 4.49. The molecule has 32 heavy (non-hydrogen) atoms. The zero-order valence-electron chi connectivity index (χ0n) is 18.2. The molecule has 2 aliphatic rings. The molecule has 0 aliphatic carbocycles. The normalized spacial score (nSPS) is 18.1. The number of carbonyl (C=O) groups excluding carboxylic acids is 3. The molecule has 0 radical (unpaired) electrons. The molecule has 0 bridgehead atoms. The highest BCUT2D eigenvalue weighted by molar-refractivity contribution is 8.18. The van der Waals surface area contributed by atoms with Crippen LogP contribution in [-0.4, -0.2) is 46.0 Å². The summed E-state index contributed by atoms with van der Waals surface area (Å²) < 4.78 is 5.77. The molecule has 6 nitrogen and oxygen atoms in total. The number of carbonyl (C=O) groups is 3. The van der Waals surface area contributed by atoms with Crippen molar-refractivity contribution in [1.29, 1.82) is 0 Å². The predicted molar refractivity (Wildman–Crippen MR) is 125 cm³/mol. The van der Waals surface area contributed by atoms with E-state index in [9.17, 15) is 14.4 Å². The summed E-state index contributed by atoms with van der Waals surface area (Å²) in [6.07, 6.45) is 3.50. The van der Waals surface area contributed by atoms with Gasteiger partial charge in [0.25, 0.3) is 11.1 Å². The molecule has 2 aliphatic heterocycles. The average Bonchev–Trinajstić information content (AvgIpc) is 3.07. The Morgan fingerprint density at radius 1 is 1.12 bits per heavy atom. The number of ether oxygens (including phenoxy) is 1. The van der Waals surface area contributed by atoms with E-state index in [1.165, 1.54) is 5.56 Å². The van der Waals surface area contributed by atoms with Crippen molar-refractivity contribution in [3.8, 4) is 5.75 Å². The standard InChI is InChI=1S/C25H26N2O4S/c1-3-17(2)31-21-10-8-18(9-11-21)14-22-24(29)27(25(30)32-22)16-23(28)26-13-12-19-6-4-5-7-20(19)15-26/h4-11,14,17H,3,12-13,15-16H2,1-2H3/b22-14-/t17-/m1/s1. The first-order valence-corrected chi connectivity index (χ1v) is 11.6. The fraction of sp³-hybridized carbons (Fsp3) is 0.320. The molecule has 1 saturated heterocycles. The van der Waals surface area contributed by atoms with Crippen molar-refractivity contribution in [3.63, 3.8) is 0 Å². The lowest BCUT2D eigenvalue weighted by atomic mass is 10.00. The molecule has 2 aromatic carbocycles. The van der Waals surface area contributed by atoms with Crippen LogP contribution in [0.15, 0.2) is 53.4 Å². The van der Waals surface area contributed by atoms with E-state index < -0.39 is 11.1 Å². The minimum atomic E-state index is -0.425. The number of fused-ring (bicyclic) bond motifs is 1. The van der Waals surface area contributed by atoms with Gasteiger partial charge in [-0.3, -0.25) is 19.3 Å². The average molecular weight is 451 g/mol. The number of amides is 3. The lowest BCUT2D eigenvalue weighted by Crippen LogP contribution is -2.44. The smallest absolute Gasteiger partial charge is 0.294 e. The molecular formula is C25H26N2O4S. The summed E-state index contributed by atoms with van der Waals surface area (Å²) in [5, 5.41) is -0.413. The molecule has 1 atom stereocenters. The van der Waals surface area contributed by atoms with Gasteiger partial charge >= 0.3 is 0 Å². The van der Waals surface area contributed by atoms with Gasteiger partial charge in [0.15, 0.2) is 0 Å². The SMILES string of the molecule is CC[C@@H](C)Oc1ccc(/C=C2\SC(=O)N(CC(=O)N3CCc4ccccc4C3)C2=O)cc1. The first-order chi connectivity index (χ1) is 15.4. The van der Waals surface area contributed by atoms with E-state index in [2.05, 4.69) is 13.0 Å². The molecular weight excluding hydrogens is 424 g/mol. The van der Waals surface area contributed by atoms with Gasteiger partial charge in [-0.05, 0) is 66.4 Å². The highest BCUT2D eigenvalue weighted by Gasteiger charge is 2.37. The largest absolute Gasteiger partial charge is 0.491 e. The van der Waals surface area contributed by atoms with E-state index >= 15 is 0 Å². The second-order valence-electron chi connectivity index (χ2n) is 8.01. The van der Waals surface area contributed by atoms with E-state index in [0.29, 0.717) is 18.0 Å². The molecule has 3 amide bonds. The number of hydrogen-bond acceptors (Lipinski definition) is 5. The van der Waals surface area contributed by atoms with Crippen LogP contribution in [0.2, 0.25) is 0 Å². The second-order valence-corrected chi connectivity index (χ2v) is 9.00. The number of imide groups is 1. The Kier molecular flexibility index (Phi) is 6.65. The van der Waals surface area contributed by atoms with Crippen molar-refractivity contribution in [1.82, 2.24) is 9.80 Å². The van der Waals surface area contributed by atoms with Crippen LogP contribution in [0.5, 0.6) is 5.75 Å². The molecule has 0 aromatic heterocycles. The van der Waals surface area contributed by atoms with Crippen molar-refractivity contribution in [3.05, 3.63) is 70.1 Å². The topological polar surface area (TPSA) is 66.9 Å². The fourth-order valence-electron chi connectivity index (χ4n) is 3.69. The summed E-state index contributed by atoms with van der Waals surface area (Å²) in [6, 6.07) is 15.4. The third kappa shape index (κ3) is 4.88. The van der Waals surface area contributed by atoms with Crippen LogP contribution < -0.4 is 4.74 Å². The van der Waals surface area contributed by atoms with Crippen LogP contribution in [0.4, 0.5) is 4.79 Å². The van der Waals surface area contributed by atoms with Gasteiger partial charge in [0, 0.05) is 13.1 Å². The van der Waals surface area contributed by atoms with Crippen molar-refractivity contribution in [2.75, 3.05) is 13.1 Å². The van der Waals surface area contributed by atoms with Crippen molar-refractivity contribution in [2.45, 2.75) is 39.3 Å². The highest BCUT2D eigenvalue weighted by atomic mass is 32.2. The van der Waals surface area contributed by atoms with Gasteiger partial charge in [0.2, 0.25) is 5.91 Å². The fourth-order valence-corrected chi connectivity index (χ4v) is 4.53. The molecule has 1 fully saturated rings. The van der Waals surface area contributed by atoms with Gasteiger partial charge in [-0.2, -0.15) is 0 Å². The van der Waals surface area contributed by atoms with Gasteiger partial charge in [-0.1, -0.05) is 43.3 Å². The molecule has 166 valence electrons. The van der Waals surface area contributed by atoms with Gasteiger partial charge in [-0.25, -0.2) is 0 Å². The maximum Gasteiger partial charge on any atom is 0.294 e. The maximum atomic E-state index is 12.8. The van der Waals surface area contributed by atoms with Gasteiger partial charge in [-0.15, -0.1) is 0 Å². The van der Waals surface area contributed by atoms with Gasteiger partial charge < -0.3 is 9.64 Å². The Hall–Kier alpha value is -3.06. The van der Waals surface area contributed by atoms with E-state index in [-0.39, 0.29) is 18.6 Å². The first kappa shape index (κ1) is 22.1. The Bertz CT molecular complexity index is 1060. The van der Waals surface area contributed by atoms with Crippen LogP contribution in [0.3, 0.4) is 0 Å². The molecule has 0 saturated carbocycles. The van der Waals surface area contributed by atoms with Gasteiger partial charge in [0.05, 0.1) is 11.0 Å². The van der Waals surface area contributed by atoms with E-state index in [1.54, 1.807) is 11.0 Å². The third-order valence-corrected chi connectivity index (χ3v) is 6.65. The van der Waals surface area contributed by atoms with E-state index in [0.717, 1.165) is 46.4 Å². The van der Waals surface area contributed by atoms with E-state index in [1.807, 2.05) is 49.4 Å². The van der Waals surface area contributed by atoms with Crippen molar-refractivity contribution in [2.24, 2.45) is 0 Å². The Labute approximate surface area is 192 Å². The van der Waals surface area contributed by atoms with Crippen molar-refractivity contribution < 1.29 is 19.1 Å². The summed E-state index contributed by atoms with van der Waals surface area (Å²) in [4.78, 5) is 41.1. The van der Waals surface area contributed by atoms with Crippen molar-refractivity contribution >= 4 is 34.9 Å². The summed E-state index contributed by atoms with van der Waals surface area (Å²) in [5.41, 5.74) is 3.15. The Balaban J connectivity index is 1.40. The lowest BCUT2D eigenvalue weighted by molar-refractivity contribution is -0.136. The molecule has 0 N–H and O–H groups in total. The highest BCUT2D eigenvalue weighted by Crippen LogP contribution is 2.32. The number of benzene rings is 2. The van der Waals surface area contributed by atoms with Crippen LogP contribution in [-0.2, 0) is 22.6 Å². The summed E-state index contributed by atoms with van der Waals surface area (Å²) in [6.45, 7) is 4.93. The minimum absolute atomic E-state index is 0.128. The minimum Gasteiger partial charge on any atom is -0.491 e. The van der Waals surface area contributed by atoms with Gasteiger partial charge in [0.1, 0.15) is 12.3 Å².